The van der Waals surface area contributed by atoms with Gasteiger partial charge in [-0.15, -0.1) is 0 Å². The number of aryl methyl sites for hydroxylation is 2. The summed E-state index contributed by atoms with van der Waals surface area (Å²) in [4.78, 5) is 17.7. The van der Waals surface area contributed by atoms with Gasteiger partial charge >= 0.3 is 0 Å². The van der Waals surface area contributed by atoms with Crippen LogP contribution in [0.25, 0.3) is 0 Å². The molecule has 155 valence electrons. The van der Waals surface area contributed by atoms with Gasteiger partial charge in [-0.05, 0) is 48.9 Å². The molecule has 0 unspecified atom stereocenters. The Morgan fingerprint density at radius 3 is 1.59 bits per heavy atom. The number of carboxylic acid groups (broad SMARTS) is 1. The number of phenols is 2. The Hall–Kier alpha value is -2.63. The molecule has 0 aliphatic carbocycles. The first kappa shape index (κ1) is 24.4. The summed E-state index contributed by atoms with van der Waals surface area (Å²) in [5.41, 5.74) is 3.40. The van der Waals surface area contributed by atoms with Crippen molar-refractivity contribution in [1.29, 1.82) is 0 Å². The number of carboxylic acids is 1. The molecule has 1 aliphatic rings. The second-order valence-corrected chi connectivity index (χ2v) is 6.51. The van der Waals surface area contributed by atoms with Crippen molar-refractivity contribution >= 4 is 18.4 Å². The molecule has 0 fully saturated rings. The average Bonchev–Trinajstić information content (AvgIpc) is 2.65. The number of aliphatic imine (C=N–C) groups is 2. The number of nitrogens with zero attached hydrogens (tertiary/aromatic N) is 2. The number of aromatic hydroxyl groups is 2. The minimum absolute atomic E-state index is 0. The molecular weight excluding hydrogens is 411 g/mol. The standard InChI is InChI=1S/C20H22N2O2.C2H4O2.Mn/c23-19-15-5-1-2-6-16-8-4-10-18(20(16)24)14-22-12-11-21-13-17(19)9-3-7-15;1-2(3)4;/h3-4,7-10,13-14,23-24H,1-2,5-6,11-12H2;1H3,(H,3,4);. The number of hydrogen-bond donors (Lipinski definition) is 3. The molecule has 4 bridgehead atoms. The van der Waals surface area contributed by atoms with E-state index < -0.39 is 5.97 Å². The van der Waals surface area contributed by atoms with Crippen LogP contribution >= 0.6 is 0 Å². The zero-order valence-electron chi connectivity index (χ0n) is 16.4. The van der Waals surface area contributed by atoms with Crippen LogP contribution in [0.3, 0.4) is 0 Å². The summed E-state index contributed by atoms with van der Waals surface area (Å²) in [7, 11) is 0. The molecule has 6 nitrogen and oxygen atoms in total. The number of hydrogen-bond acceptors (Lipinski definition) is 5. The molecule has 1 aliphatic heterocycles. The second kappa shape index (κ2) is 12.8. The number of aliphatic carboxylic acids is 1. The summed E-state index contributed by atoms with van der Waals surface area (Å²) in [5.74, 6) is -0.191. The van der Waals surface area contributed by atoms with Crippen LogP contribution in [-0.4, -0.2) is 46.8 Å². The van der Waals surface area contributed by atoms with Crippen molar-refractivity contribution < 1.29 is 37.2 Å². The van der Waals surface area contributed by atoms with Crippen LogP contribution in [0.15, 0.2) is 46.4 Å². The van der Waals surface area contributed by atoms with Gasteiger partial charge in [-0.2, -0.15) is 0 Å². The van der Waals surface area contributed by atoms with E-state index in [0.717, 1.165) is 54.9 Å². The minimum Gasteiger partial charge on any atom is -0.507 e. The Kier molecular flexibility index (Phi) is 10.7. The van der Waals surface area contributed by atoms with Gasteiger partial charge in [0.25, 0.3) is 5.97 Å². The molecule has 0 atom stereocenters. The molecule has 3 N–H and O–H groups in total. The summed E-state index contributed by atoms with van der Waals surface area (Å²) >= 11 is 0. The number of carbonyl (C=O) groups is 1. The van der Waals surface area contributed by atoms with Gasteiger partial charge in [0.1, 0.15) is 11.5 Å². The van der Waals surface area contributed by atoms with Crippen LogP contribution in [0.1, 0.15) is 42.0 Å². The van der Waals surface area contributed by atoms with Crippen molar-refractivity contribution in [2.45, 2.75) is 32.6 Å². The van der Waals surface area contributed by atoms with E-state index in [4.69, 9.17) is 9.90 Å². The molecular formula is C22H26MnN2O4. The molecule has 7 heteroatoms. The monoisotopic (exact) mass is 437 g/mol. The van der Waals surface area contributed by atoms with Crippen LogP contribution < -0.4 is 0 Å². The van der Waals surface area contributed by atoms with Gasteiger partial charge < -0.3 is 15.3 Å². The zero-order chi connectivity index (χ0) is 20.4. The van der Waals surface area contributed by atoms with Crippen molar-refractivity contribution in [3.05, 3.63) is 58.7 Å². The van der Waals surface area contributed by atoms with Crippen LogP contribution in [-0.2, 0) is 34.7 Å². The normalized spacial score (nSPS) is 13.6. The number of phenolic OH excluding ortho intramolecular Hbond substituents is 2. The van der Waals surface area contributed by atoms with E-state index in [0.29, 0.717) is 24.6 Å². The molecule has 0 saturated carbocycles. The van der Waals surface area contributed by atoms with Crippen molar-refractivity contribution in [3.8, 4) is 11.5 Å². The van der Waals surface area contributed by atoms with Crippen LogP contribution in [0, 0.1) is 0 Å². The topological polar surface area (TPSA) is 102 Å². The largest absolute Gasteiger partial charge is 0.507 e. The Morgan fingerprint density at radius 2 is 1.21 bits per heavy atom. The second-order valence-electron chi connectivity index (χ2n) is 6.51. The van der Waals surface area contributed by atoms with Crippen molar-refractivity contribution in [2.24, 2.45) is 9.98 Å². The first-order valence-corrected chi connectivity index (χ1v) is 9.30. The fraction of sp³-hybridized carbons (Fsp3) is 0.318. The number of fused-ring (bicyclic) bond motifs is 4. The van der Waals surface area contributed by atoms with Crippen LogP contribution in [0.4, 0.5) is 0 Å². The molecule has 29 heavy (non-hydrogen) atoms. The molecule has 2 aromatic carbocycles. The van der Waals surface area contributed by atoms with Gasteiger partial charge in [0, 0.05) is 47.5 Å². The van der Waals surface area contributed by atoms with Crippen molar-refractivity contribution in [2.75, 3.05) is 13.1 Å². The summed E-state index contributed by atoms with van der Waals surface area (Å²) in [5, 5.41) is 28.1. The summed E-state index contributed by atoms with van der Waals surface area (Å²) in [6, 6.07) is 11.6. The first-order valence-electron chi connectivity index (χ1n) is 9.30. The van der Waals surface area contributed by atoms with Crippen LogP contribution in [0.5, 0.6) is 11.5 Å². The van der Waals surface area contributed by atoms with E-state index >= 15 is 0 Å². The van der Waals surface area contributed by atoms with E-state index in [1.807, 2.05) is 36.4 Å². The Bertz CT molecular complexity index is 796. The van der Waals surface area contributed by atoms with Gasteiger partial charge in [0.05, 0.1) is 13.1 Å². The first-order chi connectivity index (χ1) is 13.5. The third kappa shape index (κ3) is 8.10. The number of para-hydroxylation sites is 2. The number of rotatable bonds is 0. The third-order valence-electron chi connectivity index (χ3n) is 4.26. The van der Waals surface area contributed by atoms with Crippen molar-refractivity contribution in [1.82, 2.24) is 0 Å². The SMILES string of the molecule is CC(=O)O.Oc1c2cccc1CCCCc1cccc(c1O)C=NCCN=C2.[Mn]. The number of benzene rings is 2. The van der Waals surface area contributed by atoms with Gasteiger partial charge in [-0.25, -0.2) is 0 Å². The predicted molar refractivity (Wildman–Crippen MR) is 111 cm³/mol. The predicted octanol–water partition coefficient (Wildman–Crippen LogP) is 3.60. The maximum absolute atomic E-state index is 10.4. The quantitative estimate of drug-likeness (QED) is 0.548. The van der Waals surface area contributed by atoms with Crippen molar-refractivity contribution in [3.63, 3.8) is 0 Å². The Morgan fingerprint density at radius 1 is 0.828 bits per heavy atom. The van der Waals surface area contributed by atoms with Gasteiger partial charge in [0.15, 0.2) is 0 Å². The Labute approximate surface area is 181 Å². The van der Waals surface area contributed by atoms with Crippen LogP contribution in [0.2, 0.25) is 0 Å². The van der Waals surface area contributed by atoms with Gasteiger partial charge in [-0.1, -0.05) is 24.3 Å². The minimum atomic E-state index is -0.833. The van der Waals surface area contributed by atoms with E-state index in [1.54, 1.807) is 12.4 Å². The summed E-state index contributed by atoms with van der Waals surface area (Å²) in [6.07, 6.45) is 6.94. The van der Waals surface area contributed by atoms with E-state index in [9.17, 15) is 10.2 Å². The van der Waals surface area contributed by atoms with Gasteiger partial charge in [-0.3, -0.25) is 14.8 Å². The van der Waals surface area contributed by atoms with E-state index in [2.05, 4.69) is 9.98 Å². The summed E-state index contributed by atoms with van der Waals surface area (Å²) < 4.78 is 0. The molecule has 0 saturated heterocycles. The molecule has 2 aromatic rings. The van der Waals surface area contributed by atoms with E-state index in [1.165, 1.54) is 0 Å². The third-order valence-corrected chi connectivity index (χ3v) is 4.26. The maximum atomic E-state index is 10.4. The molecule has 3 rings (SSSR count). The summed E-state index contributed by atoms with van der Waals surface area (Å²) in [6.45, 7) is 2.17. The fourth-order valence-electron chi connectivity index (χ4n) is 2.91. The molecule has 1 heterocycles. The molecule has 1 radical (unpaired) electrons. The van der Waals surface area contributed by atoms with E-state index in [-0.39, 0.29) is 17.1 Å². The maximum Gasteiger partial charge on any atom is 0.300 e. The smallest absolute Gasteiger partial charge is 0.300 e. The zero-order valence-corrected chi connectivity index (χ0v) is 17.6. The fourth-order valence-corrected chi connectivity index (χ4v) is 2.91. The Balaban J connectivity index is 0.000000771. The molecule has 0 spiro atoms. The average molecular weight is 437 g/mol. The molecule has 0 amide bonds. The van der Waals surface area contributed by atoms with Gasteiger partial charge in [0.2, 0.25) is 0 Å². The molecule has 0 aromatic heterocycles.